The minimum absolute atomic E-state index is 0.545. The van der Waals surface area contributed by atoms with Crippen LogP contribution in [-0.4, -0.2) is 40.5 Å². The number of nitrogens with one attached hydrogen (secondary N) is 1. The van der Waals surface area contributed by atoms with E-state index in [1.54, 1.807) is 6.33 Å². The molecule has 0 atom stereocenters. The van der Waals surface area contributed by atoms with Gasteiger partial charge >= 0.3 is 0 Å². The Hall–Kier alpha value is -1.94. The third-order valence-corrected chi connectivity index (χ3v) is 4.08. The predicted octanol–water partition coefficient (Wildman–Crippen LogP) is 2.60. The van der Waals surface area contributed by atoms with Gasteiger partial charge in [-0.15, -0.1) is 0 Å². The maximum absolute atomic E-state index is 4.04. The number of hydrogen-bond acceptors (Lipinski definition) is 4. The van der Waals surface area contributed by atoms with Gasteiger partial charge in [-0.3, -0.25) is 0 Å². The van der Waals surface area contributed by atoms with Gasteiger partial charge in [-0.2, -0.15) is 0 Å². The van der Waals surface area contributed by atoms with Gasteiger partial charge in [0.2, 0.25) is 0 Å². The lowest BCUT2D eigenvalue weighted by Gasteiger charge is -2.32. The standard InChI is InChI=1S/C17H22N4/c1-2-4-15(5-3-1)6-9-21-10-7-16(8-11-21)20-17-12-18-14-19-13-17/h1-5,12-14,16,20H,6-11H2. The highest BCUT2D eigenvalue weighted by atomic mass is 15.1. The van der Waals surface area contributed by atoms with E-state index in [0.29, 0.717) is 6.04 Å². The summed E-state index contributed by atoms with van der Waals surface area (Å²) in [6.07, 6.45) is 8.76. The van der Waals surface area contributed by atoms with Crippen LogP contribution in [0.1, 0.15) is 18.4 Å². The Bertz CT molecular complexity index is 521. The molecule has 4 heteroatoms. The summed E-state index contributed by atoms with van der Waals surface area (Å²) < 4.78 is 0. The minimum atomic E-state index is 0.545. The molecule has 1 aliphatic rings. The molecule has 110 valence electrons. The second kappa shape index (κ2) is 7.18. The number of nitrogens with zero attached hydrogens (tertiary/aromatic N) is 3. The van der Waals surface area contributed by atoms with Gasteiger partial charge in [-0.25, -0.2) is 9.97 Å². The van der Waals surface area contributed by atoms with Crippen LogP contribution in [0.5, 0.6) is 0 Å². The lowest BCUT2D eigenvalue weighted by molar-refractivity contribution is 0.221. The van der Waals surface area contributed by atoms with Crippen LogP contribution >= 0.6 is 0 Å². The van der Waals surface area contributed by atoms with Crippen molar-refractivity contribution >= 4 is 5.69 Å². The first-order valence-electron chi connectivity index (χ1n) is 7.68. The van der Waals surface area contributed by atoms with E-state index < -0.39 is 0 Å². The molecule has 1 N–H and O–H groups in total. The molecule has 2 heterocycles. The van der Waals surface area contributed by atoms with Crippen molar-refractivity contribution in [1.82, 2.24) is 14.9 Å². The molecule has 0 unspecified atom stereocenters. The number of aromatic nitrogens is 2. The maximum Gasteiger partial charge on any atom is 0.115 e. The van der Waals surface area contributed by atoms with Gasteiger partial charge in [0.25, 0.3) is 0 Å². The fraction of sp³-hybridized carbons (Fsp3) is 0.412. The zero-order valence-electron chi connectivity index (χ0n) is 12.3. The average Bonchev–Trinajstić information content (AvgIpc) is 2.56. The summed E-state index contributed by atoms with van der Waals surface area (Å²) in [5, 5.41) is 3.52. The topological polar surface area (TPSA) is 41.0 Å². The van der Waals surface area contributed by atoms with Crippen molar-refractivity contribution in [1.29, 1.82) is 0 Å². The van der Waals surface area contributed by atoms with E-state index in [1.165, 1.54) is 18.4 Å². The van der Waals surface area contributed by atoms with Gasteiger partial charge in [0.1, 0.15) is 6.33 Å². The van der Waals surface area contributed by atoms with Crippen LogP contribution in [0.25, 0.3) is 0 Å². The predicted molar refractivity (Wildman–Crippen MR) is 85.3 cm³/mol. The van der Waals surface area contributed by atoms with E-state index in [-0.39, 0.29) is 0 Å². The van der Waals surface area contributed by atoms with Crippen molar-refractivity contribution in [3.05, 3.63) is 54.6 Å². The molecule has 3 rings (SSSR count). The second-order valence-electron chi connectivity index (χ2n) is 5.62. The number of anilines is 1. The largest absolute Gasteiger partial charge is 0.380 e. The van der Waals surface area contributed by atoms with Crippen molar-refractivity contribution < 1.29 is 0 Å². The number of hydrogen-bond donors (Lipinski definition) is 1. The Labute approximate surface area is 126 Å². The summed E-state index contributed by atoms with van der Waals surface area (Å²) in [5.74, 6) is 0. The highest BCUT2D eigenvalue weighted by Crippen LogP contribution is 2.15. The lowest BCUT2D eigenvalue weighted by Crippen LogP contribution is -2.40. The highest BCUT2D eigenvalue weighted by molar-refractivity contribution is 5.38. The van der Waals surface area contributed by atoms with Crippen LogP contribution in [-0.2, 0) is 6.42 Å². The molecule has 1 aromatic carbocycles. The first-order valence-corrected chi connectivity index (χ1v) is 7.68. The molecule has 1 saturated heterocycles. The first-order chi connectivity index (χ1) is 10.4. The smallest absolute Gasteiger partial charge is 0.115 e. The Morgan fingerprint density at radius 1 is 1.05 bits per heavy atom. The molecule has 4 nitrogen and oxygen atoms in total. The van der Waals surface area contributed by atoms with Crippen LogP contribution in [0, 0.1) is 0 Å². The van der Waals surface area contributed by atoms with E-state index in [1.807, 2.05) is 12.4 Å². The number of rotatable bonds is 5. The Kier molecular flexibility index (Phi) is 4.79. The highest BCUT2D eigenvalue weighted by Gasteiger charge is 2.18. The van der Waals surface area contributed by atoms with Gasteiger partial charge in [-0.1, -0.05) is 30.3 Å². The first kappa shape index (κ1) is 14.0. The molecular formula is C17H22N4. The van der Waals surface area contributed by atoms with Crippen molar-refractivity contribution in [2.24, 2.45) is 0 Å². The number of likely N-dealkylation sites (tertiary alicyclic amines) is 1. The van der Waals surface area contributed by atoms with Crippen molar-refractivity contribution in [2.45, 2.75) is 25.3 Å². The van der Waals surface area contributed by atoms with E-state index in [4.69, 9.17) is 0 Å². The summed E-state index contributed by atoms with van der Waals surface area (Å²) in [5.41, 5.74) is 2.46. The maximum atomic E-state index is 4.04. The van der Waals surface area contributed by atoms with Gasteiger partial charge < -0.3 is 10.2 Å². The monoisotopic (exact) mass is 282 g/mol. The molecule has 0 radical (unpaired) electrons. The zero-order valence-corrected chi connectivity index (χ0v) is 12.3. The van der Waals surface area contributed by atoms with Crippen LogP contribution in [0.4, 0.5) is 5.69 Å². The number of piperidine rings is 1. The fourth-order valence-electron chi connectivity index (χ4n) is 2.84. The van der Waals surface area contributed by atoms with Crippen molar-refractivity contribution in [2.75, 3.05) is 25.0 Å². The third kappa shape index (κ3) is 4.26. The molecule has 0 saturated carbocycles. The summed E-state index contributed by atoms with van der Waals surface area (Å²) in [4.78, 5) is 10.7. The second-order valence-corrected chi connectivity index (χ2v) is 5.62. The quantitative estimate of drug-likeness (QED) is 0.915. The molecule has 0 spiro atoms. The molecule has 0 amide bonds. The minimum Gasteiger partial charge on any atom is -0.380 e. The molecular weight excluding hydrogens is 260 g/mol. The van der Waals surface area contributed by atoms with Crippen molar-refractivity contribution in [3.8, 4) is 0 Å². The Balaban J connectivity index is 1.41. The van der Waals surface area contributed by atoms with Gasteiger partial charge in [0.15, 0.2) is 0 Å². The van der Waals surface area contributed by atoms with Gasteiger partial charge in [0, 0.05) is 25.7 Å². The summed E-state index contributed by atoms with van der Waals surface area (Å²) >= 11 is 0. The van der Waals surface area contributed by atoms with Gasteiger partial charge in [-0.05, 0) is 24.8 Å². The normalized spacial score (nSPS) is 16.8. The SMILES string of the molecule is c1ccc(CCN2CCC(Nc3cncnc3)CC2)cc1. The molecule has 0 bridgehead atoms. The third-order valence-electron chi connectivity index (χ3n) is 4.08. The zero-order chi connectivity index (χ0) is 14.3. The van der Waals surface area contributed by atoms with E-state index in [2.05, 4.69) is 50.5 Å². The Morgan fingerprint density at radius 2 is 1.76 bits per heavy atom. The van der Waals surface area contributed by atoms with Crippen LogP contribution in [0.2, 0.25) is 0 Å². The molecule has 1 aliphatic heterocycles. The lowest BCUT2D eigenvalue weighted by atomic mass is 10.0. The number of benzene rings is 1. The summed E-state index contributed by atoms with van der Waals surface area (Å²) in [7, 11) is 0. The molecule has 0 aliphatic carbocycles. The van der Waals surface area contributed by atoms with E-state index >= 15 is 0 Å². The summed E-state index contributed by atoms with van der Waals surface area (Å²) in [6, 6.07) is 11.3. The van der Waals surface area contributed by atoms with Crippen LogP contribution in [0.15, 0.2) is 49.1 Å². The summed E-state index contributed by atoms with van der Waals surface area (Å²) in [6.45, 7) is 3.49. The van der Waals surface area contributed by atoms with Crippen molar-refractivity contribution in [3.63, 3.8) is 0 Å². The van der Waals surface area contributed by atoms with E-state index in [0.717, 1.165) is 31.7 Å². The van der Waals surface area contributed by atoms with Crippen LogP contribution < -0.4 is 5.32 Å². The van der Waals surface area contributed by atoms with E-state index in [9.17, 15) is 0 Å². The molecule has 1 fully saturated rings. The Morgan fingerprint density at radius 3 is 2.48 bits per heavy atom. The molecule has 1 aromatic heterocycles. The average molecular weight is 282 g/mol. The molecule has 21 heavy (non-hydrogen) atoms. The van der Waals surface area contributed by atoms with Crippen LogP contribution in [0.3, 0.4) is 0 Å². The van der Waals surface area contributed by atoms with Gasteiger partial charge in [0.05, 0.1) is 18.1 Å². The molecule has 2 aromatic rings. The fourth-order valence-corrected chi connectivity index (χ4v) is 2.84.